The Balaban J connectivity index is 2.02. The fourth-order valence-corrected chi connectivity index (χ4v) is 2.85. The van der Waals surface area contributed by atoms with E-state index in [9.17, 15) is 0 Å². The summed E-state index contributed by atoms with van der Waals surface area (Å²) in [5, 5.41) is 4.67. The Morgan fingerprint density at radius 1 is 1.38 bits per heavy atom. The summed E-state index contributed by atoms with van der Waals surface area (Å²) in [7, 11) is 0. The second-order valence-corrected chi connectivity index (χ2v) is 5.55. The average molecular weight is 285 g/mol. The molecule has 2 aromatic rings. The Kier molecular flexibility index (Phi) is 4.36. The van der Waals surface area contributed by atoms with Gasteiger partial charge in [-0.05, 0) is 31.2 Å². The lowest BCUT2D eigenvalue weighted by Gasteiger charge is -2.34. The number of anilines is 1. The summed E-state index contributed by atoms with van der Waals surface area (Å²) < 4.78 is 5.53. The molecule has 4 heteroatoms. The van der Waals surface area contributed by atoms with Gasteiger partial charge >= 0.3 is 0 Å². The fourth-order valence-electron chi connectivity index (χ4n) is 2.85. The molecule has 1 N–H and O–H groups in total. The fraction of sp³-hybridized carbons (Fsp3) is 0.471. The highest BCUT2D eigenvalue weighted by Crippen LogP contribution is 2.25. The van der Waals surface area contributed by atoms with Gasteiger partial charge in [0.15, 0.2) is 0 Å². The molecule has 1 aromatic heterocycles. The molecular weight excluding hydrogens is 262 g/mol. The lowest BCUT2D eigenvalue weighted by molar-refractivity contribution is 0.0985. The number of morpholine rings is 1. The minimum Gasteiger partial charge on any atom is -0.377 e. The molecule has 0 spiro atoms. The summed E-state index contributed by atoms with van der Waals surface area (Å²) in [6.07, 6.45) is 0. The summed E-state index contributed by atoms with van der Waals surface area (Å²) >= 11 is 0. The third-order valence-electron chi connectivity index (χ3n) is 4.02. The summed E-state index contributed by atoms with van der Waals surface area (Å²) in [4.78, 5) is 7.21. The number of nitrogens with one attached hydrogen (secondary N) is 1. The van der Waals surface area contributed by atoms with E-state index in [0.717, 1.165) is 44.2 Å². The number of pyridine rings is 1. The van der Waals surface area contributed by atoms with E-state index >= 15 is 0 Å². The predicted octanol–water partition coefficient (Wildman–Crippen LogP) is 2.57. The molecule has 1 aliphatic rings. The normalized spacial score (nSPS) is 19.1. The van der Waals surface area contributed by atoms with E-state index in [4.69, 9.17) is 9.72 Å². The number of ether oxygens (including phenoxy) is 1. The zero-order chi connectivity index (χ0) is 14.7. The lowest BCUT2D eigenvalue weighted by Crippen LogP contribution is -2.44. The average Bonchev–Trinajstić information content (AvgIpc) is 2.53. The van der Waals surface area contributed by atoms with Gasteiger partial charge in [0, 0.05) is 18.5 Å². The van der Waals surface area contributed by atoms with Gasteiger partial charge in [-0.15, -0.1) is 0 Å². The number of para-hydroxylation sites is 1. The van der Waals surface area contributed by atoms with Crippen LogP contribution in [0.15, 0.2) is 30.3 Å². The van der Waals surface area contributed by atoms with Crippen molar-refractivity contribution in [3.05, 3.63) is 35.9 Å². The number of rotatable bonds is 4. The van der Waals surface area contributed by atoms with Crippen molar-refractivity contribution in [1.82, 2.24) is 10.3 Å². The minimum atomic E-state index is 0.374. The molecule has 1 unspecified atom stereocenters. The van der Waals surface area contributed by atoms with Crippen LogP contribution in [0.1, 0.15) is 19.4 Å². The van der Waals surface area contributed by atoms with Crippen molar-refractivity contribution in [2.45, 2.75) is 26.4 Å². The third-order valence-corrected chi connectivity index (χ3v) is 4.02. The summed E-state index contributed by atoms with van der Waals surface area (Å²) in [5.74, 6) is 1.07. The van der Waals surface area contributed by atoms with Gasteiger partial charge in [-0.1, -0.05) is 25.1 Å². The van der Waals surface area contributed by atoms with E-state index in [0.29, 0.717) is 6.04 Å². The molecule has 2 heterocycles. The van der Waals surface area contributed by atoms with Crippen molar-refractivity contribution in [2.24, 2.45) is 0 Å². The first kappa shape index (κ1) is 14.3. The third kappa shape index (κ3) is 3.01. The van der Waals surface area contributed by atoms with Crippen LogP contribution in [0.2, 0.25) is 0 Å². The number of aromatic nitrogens is 1. The number of hydrogen-bond donors (Lipinski definition) is 1. The quantitative estimate of drug-likeness (QED) is 0.937. The lowest BCUT2D eigenvalue weighted by atomic mass is 10.1. The highest BCUT2D eigenvalue weighted by Gasteiger charge is 2.21. The molecule has 1 atom stereocenters. The first-order valence-corrected chi connectivity index (χ1v) is 7.73. The molecule has 1 aromatic carbocycles. The molecule has 1 saturated heterocycles. The number of benzene rings is 1. The molecule has 112 valence electrons. The molecule has 0 bridgehead atoms. The second-order valence-electron chi connectivity index (χ2n) is 5.55. The largest absolute Gasteiger partial charge is 0.377 e. The van der Waals surface area contributed by atoms with Gasteiger partial charge < -0.3 is 15.0 Å². The first-order valence-electron chi connectivity index (χ1n) is 7.73. The van der Waals surface area contributed by atoms with Crippen molar-refractivity contribution in [3.63, 3.8) is 0 Å². The smallest absolute Gasteiger partial charge is 0.129 e. The van der Waals surface area contributed by atoms with Crippen molar-refractivity contribution in [3.8, 4) is 0 Å². The van der Waals surface area contributed by atoms with Crippen LogP contribution in [0.25, 0.3) is 10.9 Å². The predicted molar refractivity (Wildman–Crippen MR) is 86.8 cm³/mol. The molecule has 1 fully saturated rings. The Morgan fingerprint density at radius 2 is 2.24 bits per heavy atom. The van der Waals surface area contributed by atoms with Gasteiger partial charge in [-0.3, -0.25) is 0 Å². The van der Waals surface area contributed by atoms with Crippen LogP contribution in [0.4, 0.5) is 5.82 Å². The highest BCUT2D eigenvalue weighted by atomic mass is 16.5. The van der Waals surface area contributed by atoms with Gasteiger partial charge in [0.05, 0.1) is 24.8 Å². The molecule has 0 amide bonds. The van der Waals surface area contributed by atoms with Crippen LogP contribution in [0.3, 0.4) is 0 Å². The number of hydrogen-bond acceptors (Lipinski definition) is 4. The molecule has 21 heavy (non-hydrogen) atoms. The Morgan fingerprint density at radius 3 is 3.05 bits per heavy atom. The maximum atomic E-state index is 5.53. The molecule has 0 aliphatic carbocycles. The molecule has 1 aliphatic heterocycles. The molecule has 3 rings (SSSR count). The monoisotopic (exact) mass is 285 g/mol. The molecular formula is C17H23N3O. The number of fused-ring (bicyclic) bond motifs is 1. The SMILES string of the molecule is CCNCc1cc(N2CCOCC2C)nc2ccccc12. The van der Waals surface area contributed by atoms with Crippen molar-refractivity contribution in [1.29, 1.82) is 0 Å². The molecule has 0 saturated carbocycles. The van der Waals surface area contributed by atoms with Crippen LogP contribution in [-0.4, -0.2) is 37.3 Å². The van der Waals surface area contributed by atoms with E-state index < -0.39 is 0 Å². The van der Waals surface area contributed by atoms with Crippen LogP contribution in [-0.2, 0) is 11.3 Å². The van der Waals surface area contributed by atoms with Crippen molar-refractivity contribution < 1.29 is 4.74 Å². The van der Waals surface area contributed by atoms with Crippen LogP contribution in [0, 0.1) is 0 Å². The van der Waals surface area contributed by atoms with E-state index in [-0.39, 0.29) is 0 Å². The van der Waals surface area contributed by atoms with E-state index in [2.05, 4.69) is 54.4 Å². The van der Waals surface area contributed by atoms with Crippen LogP contribution >= 0.6 is 0 Å². The second kappa shape index (κ2) is 6.41. The van der Waals surface area contributed by atoms with Gasteiger partial charge in [-0.2, -0.15) is 0 Å². The van der Waals surface area contributed by atoms with Gasteiger partial charge in [0.1, 0.15) is 5.82 Å². The summed E-state index contributed by atoms with van der Waals surface area (Å²) in [6, 6.07) is 11.0. The van der Waals surface area contributed by atoms with Gasteiger partial charge in [-0.25, -0.2) is 4.98 Å². The summed E-state index contributed by atoms with van der Waals surface area (Å²) in [5.41, 5.74) is 2.39. The van der Waals surface area contributed by atoms with Crippen molar-refractivity contribution in [2.75, 3.05) is 31.2 Å². The topological polar surface area (TPSA) is 37.4 Å². The summed E-state index contributed by atoms with van der Waals surface area (Å²) in [6.45, 7) is 8.64. The van der Waals surface area contributed by atoms with Crippen LogP contribution in [0.5, 0.6) is 0 Å². The molecule has 4 nitrogen and oxygen atoms in total. The van der Waals surface area contributed by atoms with Gasteiger partial charge in [0.2, 0.25) is 0 Å². The Hall–Kier alpha value is -1.65. The zero-order valence-electron chi connectivity index (χ0n) is 12.8. The minimum absolute atomic E-state index is 0.374. The maximum absolute atomic E-state index is 5.53. The number of nitrogens with zero attached hydrogens (tertiary/aromatic N) is 2. The van der Waals surface area contributed by atoms with Crippen molar-refractivity contribution >= 4 is 16.7 Å². The standard InChI is InChI=1S/C17H23N3O/c1-3-18-11-14-10-17(20-8-9-21-12-13(20)2)19-16-7-5-4-6-15(14)16/h4-7,10,13,18H,3,8-9,11-12H2,1-2H3. The zero-order valence-corrected chi connectivity index (χ0v) is 12.8. The van der Waals surface area contributed by atoms with Crippen LogP contribution < -0.4 is 10.2 Å². The maximum Gasteiger partial charge on any atom is 0.129 e. The first-order chi connectivity index (χ1) is 10.3. The van der Waals surface area contributed by atoms with E-state index in [1.165, 1.54) is 10.9 Å². The Bertz CT molecular complexity index is 614. The molecule has 0 radical (unpaired) electrons. The highest BCUT2D eigenvalue weighted by molar-refractivity contribution is 5.84. The Labute approximate surface area is 126 Å². The van der Waals surface area contributed by atoms with E-state index in [1.807, 2.05) is 0 Å². The van der Waals surface area contributed by atoms with E-state index in [1.54, 1.807) is 0 Å². The van der Waals surface area contributed by atoms with Gasteiger partial charge in [0.25, 0.3) is 0 Å².